The number of benzene rings is 2. The molecule has 0 atom stereocenters. The van der Waals surface area contributed by atoms with Crippen molar-refractivity contribution in [1.29, 1.82) is 0 Å². The Morgan fingerprint density at radius 2 is 1.87 bits per heavy atom. The molecule has 0 saturated heterocycles. The third-order valence-electron chi connectivity index (χ3n) is 4.54. The normalized spacial score (nSPS) is 14.4. The minimum absolute atomic E-state index is 0.0552. The standard InChI is InChI=1S/C21H24N4O4S/c1-16-6-5-9-18(14-16)25-20(26)11-10-19(24-25)21(27)22-12-13-30(28,29)23-15-17-7-3-2-4-8-17/h2-9,14,23H,10-13,15H2,1H3,(H,22,27). The van der Waals surface area contributed by atoms with E-state index in [1.165, 1.54) is 5.01 Å². The Bertz CT molecular complexity index is 1050. The summed E-state index contributed by atoms with van der Waals surface area (Å²) in [6, 6.07) is 16.5. The van der Waals surface area contributed by atoms with Crippen LogP contribution in [0, 0.1) is 6.92 Å². The van der Waals surface area contributed by atoms with Gasteiger partial charge in [0.25, 0.3) is 5.91 Å². The van der Waals surface area contributed by atoms with Crippen LogP contribution in [-0.2, 0) is 26.2 Å². The third kappa shape index (κ3) is 5.98. The van der Waals surface area contributed by atoms with Gasteiger partial charge in [-0.2, -0.15) is 5.10 Å². The zero-order valence-electron chi connectivity index (χ0n) is 16.7. The van der Waals surface area contributed by atoms with E-state index >= 15 is 0 Å². The lowest BCUT2D eigenvalue weighted by atomic mass is 10.1. The summed E-state index contributed by atoms with van der Waals surface area (Å²) >= 11 is 0. The Kier molecular flexibility index (Phi) is 6.96. The maximum absolute atomic E-state index is 12.4. The van der Waals surface area contributed by atoms with E-state index in [-0.39, 0.29) is 43.3 Å². The molecule has 0 unspecified atom stereocenters. The molecule has 2 aromatic rings. The Labute approximate surface area is 176 Å². The molecule has 0 radical (unpaired) electrons. The van der Waals surface area contributed by atoms with Gasteiger partial charge in [0, 0.05) is 25.9 Å². The monoisotopic (exact) mass is 428 g/mol. The number of carbonyl (C=O) groups excluding carboxylic acids is 2. The summed E-state index contributed by atoms with van der Waals surface area (Å²) in [5, 5.41) is 7.99. The molecule has 0 aromatic heterocycles. The maximum Gasteiger partial charge on any atom is 0.267 e. The summed E-state index contributed by atoms with van der Waals surface area (Å²) in [7, 11) is -3.54. The Morgan fingerprint density at radius 1 is 1.10 bits per heavy atom. The quantitative estimate of drug-likeness (QED) is 0.667. The molecular formula is C21H24N4O4S. The van der Waals surface area contributed by atoms with Crippen molar-refractivity contribution in [2.24, 2.45) is 5.10 Å². The van der Waals surface area contributed by atoms with Crippen molar-refractivity contribution in [2.45, 2.75) is 26.3 Å². The molecular weight excluding hydrogens is 404 g/mol. The van der Waals surface area contributed by atoms with Crippen LogP contribution in [0.15, 0.2) is 59.7 Å². The summed E-state index contributed by atoms with van der Waals surface area (Å²) in [5.74, 6) is -0.914. The smallest absolute Gasteiger partial charge is 0.267 e. The first-order valence-electron chi connectivity index (χ1n) is 9.61. The van der Waals surface area contributed by atoms with Gasteiger partial charge in [0.15, 0.2) is 0 Å². The minimum Gasteiger partial charge on any atom is -0.350 e. The molecule has 0 aliphatic carbocycles. The van der Waals surface area contributed by atoms with Crippen molar-refractivity contribution in [3.05, 3.63) is 65.7 Å². The van der Waals surface area contributed by atoms with Gasteiger partial charge in [0.2, 0.25) is 15.9 Å². The molecule has 0 spiro atoms. The number of anilines is 1. The van der Waals surface area contributed by atoms with Crippen molar-refractivity contribution < 1.29 is 18.0 Å². The van der Waals surface area contributed by atoms with Crippen LogP contribution in [0.3, 0.4) is 0 Å². The molecule has 0 bridgehead atoms. The number of hydrogen-bond acceptors (Lipinski definition) is 5. The second kappa shape index (κ2) is 9.64. The van der Waals surface area contributed by atoms with Gasteiger partial charge in [-0.05, 0) is 30.2 Å². The summed E-state index contributed by atoms with van der Waals surface area (Å²) in [4.78, 5) is 24.6. The molecule has 2 amide bonds. The summed E-state index contributed by atoms with van der Waals surface area (Å²) in [5.41, 5.74) is 2.62. The second-order valence-corrected chi connectivity index (χ2v) is 8.90. The molecule has 30 heavy (non-hydrogen) atoms. The lowest BCUT2D eigenvalue weighted by Gasteiger charge is -2.23. The number of nitrogens with zero attached hydrogens (tertiary/aromatic N) is 2. The first-order chi connectivity index (χ1) is 14.3. The Balaban J connectivity index is 1.55. The van der Waals surface area contributed by atoms with E-state index in [0.29, 0.717) is 5.69 Å². The molecule has 1 aliphatic rings. The number of carbonyl (C=O) groups is 2. The van der Waals surface area contributed by atoms with Crippen LogP contribution in [-0.4, -0.2) is 38.2 Å². The van der Waals surface area contributed by atoms with Crippen LogP contribution in [0.2, 0.25) is 0 Å². The molecule has 1 aliphatic heterocycles. The van der Waals surface area contributed by atoms with Crippen molar-refractivity contribution in [2.75, 3.05) is 17.3 Å². The van der Waals surface area contributed by atoms with E-state index in [2.05, 4.69) is 15.1 Å². The van der Waals surface area contributed by atoms with Gasteiger partial charge in [0.1, 0.15) is 5.71 Å². The molecule has 9 heteroatoms. The first kappa shape index (κ1) is 21.7. The van der Waals surface area contributed by atoms with Crippen LogP contribution < -0.4 is 15.0 Å². The summed E-state index contributed by atoms with van der Waals surface area (Å²) < 4.78 is 26.8. The van der Waals surface area contributed by atoms with E-state index < -0.39 is 15.9 Å². The largest absolute Gasteiger partial charge is 0.350 e. The lowest BCUT2D eigenvalue weighted by Crippen LogP contribution is -2.41. The number of hydrazone groups is 1. The van der Waals surface area contributed by atoms with Gasteiger partial charge in [-0.15, -0.1) is 0 Å². The fourth-order valence-corrected chi connectivity index (χ4v) is 3.84. The average Bonchev–Trinajstić information content (AvgIpc) is 2.73. The zero-order valence-corrected chi connectivity index (χ0v) is 17.5. The SMILES string of the molecule is Cc1cccc(N2N=C(C(=O)NCCS(=O)(=O)NCc3ccccc3)CCC2=O)c1. The summed E-state index contributed by atoms with van der Waals surface area (Å²) in [6.45, 7) is 2.04. The number of hydrogen-bond donors (Lipinski definition) is 2. The fraction of sp³-hybridized carbons (Fsp3) is 0.286. The molecule has 0 fully saturated rings. The fourth-order valence-electron chi connectivity index (χ4n) is 2.94. The van der Waals surface area contributed by atoms with Crippen molar-refractivity contribution in [3.63, 3.8) is 0 Å². The highest BCUT2D eigenvalue weighted by Gasteiger charge is 2.25. The summed E-state index contributed by atoms with van der Waals surface area (Å²) in [6.07, 6.45) is 0.378. The number of amides is 2. The topological polar surface area (TPSA) is 108 Å². The van der Waals surface area contributed by atoms with Gasteiger partial charge in [0.05, 0.1) is 11.4 Å². The highest BCUT2D eigenvalue weighted by atomic mass is 32.2. The van der Waals surface area contributed by atoms with Crippen LogP contribution in [0.1, 0.15) is 24.0 Å². The predicted molar refractivity (Wildman–Crippen MR) is 115 cm³/mol. The van der Waals surface area contributed by atoms with Gasteiger partial charge in [-0.3, -0.25) is 9.59 Å². The molecule has 2 aromatic carbocycles. The highest BCUT2D eigenvalue weighted by molar-refractivity contribution is 7.89. The number of aryl methyl sites for hydroxylation is 1. The average molecular weight is 429 g/mol. The van der Waals surface area contributed by atoms with E-state index in [0.717, 1.165) is 11.1 Å². The van der Waals surface area contributed by atoms with Crippen LogP contribution in [0.5, 0.6) is 0 Å². The Morgan fingerprint density at radius 3 is 2.60 bits per heavy atom. The number of nitrogens with one attached hydrogen (secondary N) is 2. The predicted octanol–water partition coefficient (Wildman–Crippen LogP) is 1.71. The van der Waals surface area contributed by atoms with Crippen LogP contribution in [0.4, 0.5) is 5.69 Å². The van der Waals surface area contributed by atoms with E-state index in [9.17, 15) is 18.0 Å². The van der Waals surface area contributed by atoms with E-state index in [1.807, 2.05) is 55.5 Å². The van der Waals surface area contributed by atoms with E-state index in [4.69, 9.17) is 0 Å². The van der Waals surface area contributed by atoms with Gasteiger partial charge in [-0.25, -0.2) is 18.1 Å². The zero-order chi connectivity index (χ0) is 21.6. The third-order valence-corrected chi connectivity index (χ3v) is 5.86. The molecule has 2 N–H and O–H groups in total. The molecule has 158 valence electrons. The van der Waals surface area contributed by atoms with Crippen LogP contribution in [0.25, 0.3) is 0 Å². The maximum atomic E-state index is 12.4. The second-order valence-electron chi connectivity index (χ2n) is 6.97. The van der Waals surface area contributed by atoms with Crippen molar-refractivity contribution in [3.8, 4) is 0 Å². The van der Waals surface area contributed by atoms with Crippen molar-refractivity contribution >= 4 is 33.2 Å². The highest BCUT2D eigenvalue weighted by Crippen LogP contribution is 2.21. The molecule has 0 saturated carbocycles. The number of rotatable bonds is 8. The Hall–Kier alpha value is -3.04. The molecule has 8 nitrogen and oxygen atoms in total. The van der Waals surface area contributed by atoms with Gasteiger partial charge < -0.3 is 5.32 Å². The molecule has 1 heterocycles. The van der Waals surface area contributed by atoms with E-state index in [1.54, 1.807) is 6.07 Å². The van der Waals surface area contributed by atoms with Gasteiger partial charge >= 0.3 is 0 Å². The number of sulfonamides is 1. The van der Waals surface area contributed by atoms with Gasteiger partial charge in [-0.1, -0.05) is 42.5 Å². The molecule has 3 rings (SSSR count). The van der Waals surface area contributed by atoms with Crippen LogP contribution >= 0.6 is 0 Å². The minimum atomic E-state index is -3.54. The first-order valence-corrected chi connectivity index (χ1v) is 11.3. The lowest BCUT2D eigenvalue weighted by molar-refractivity contribution is -0.118. The van der Waals surface area contributed by atoms with Crippen molar-refractivity contribution in [1.82, 2.24) is 10.0 Å².